The summed E-state index contributed by atoms with van der Waals surface area (Å²) in [5.74, 6) is 0. The number of hydrogen-bond donors (Lipinski definition) is 2. The molecule has 0 fully saturated rings. The molecule has 0 saturated carbocycles. The first-order valence-corrected chi connectivity index (χ1v) is 5.92. The van der Waals surface area contributed by atoms with Gasteiger partial charge in [-0.25, -0.2) is 4.98 Å². The van der Waals surface area contributed by atoms with Gasteiger partial charge in [0.2, 0.25) is 0 Å². The van der Waals surface area contributed by atoms with Crippen molar-refractivity contribution in [1.29, 1.82) is 5.26 Å². The van der Waals surface area contributed by atoms with E-state index < -0.39 is 0 Å². The molecule has 2 heterocycles. The van der Waals surface area contributed by atoms with Crippen LogP contribution in [0.15, 0.2) is 29.1 Å². The van der Waals surface area contributed by atoms with E-state index in [1.165, 1.54) is 10.6 Å². The van der Waals surface area contributed by atoms with Crippen LogP contribution in [-0.2, 0) is 0 Å². The number of fused-ring (bicyclic) bond motifs is 3. The number of imidazole rings is 1. The maximum Gasteiger partial charge on any atom is 0.266 e. The number of para-hydroxylation sites is 2. The number of nitrogens with one attached hydrogen (secondary N) is 1. The largest absolute Gasteiger partial charge is 0.292 e. The quantitative estimate of drug-likeness (QED) is 0.625. The smallest absolute Gasteiger partial charge is 0.266 e. The molecule has 0 aliphatic rings. The number of hydrogen-bond acceptors (Lipinski definition) is 5. The summed E-state index contributed by atoms with van der Waals surface area (Å²) in [5, 5.41) is 18.4. The normalized spacial score (nSPS) is 11.9. The number of rotatable bonds is 1. The van der Waals surface area contributed by atoms with Crippen molar-refractivity contribution in [2.45, 2.75) is 6.92 Å². The van der Waals surface area contributed by atoms with Gasteiger partial charge in [0.1, 0.15) is 6.07 Å². The number of benzene rings is 1. The Morgan fingerprint density at radius 3 is 2.90 bits per heavy atom. The summed E-state index contributed by atoms with van der Waals surface area (Å²) in [4.78, 5) is 16.9. The highest BCUT2D eigenvalue weighted by Gasteiger charge is 2.15. The third-order valence-electron chi connectivity index (χ3n) is 3.32. The zero-order valence-corrected chi connectivity index (χ0v) is 10.6. The lowest BCUT2D eigenvalue weighted by molar-refractivity contribution is 0.230. The Kier molecular flexibility index (Phi) is 2.63. The molecular weight excluding hydrogens is 256 g/mol. The molecule has 0 bridgehead atoms. The second kappa shape index (κ2) is 4.33. The summed E-state index contributed by atoms with van der Waals surface area (Å²) in [6.07, 6.45) is 1.17. The van der Waals surface area contributed by atoms with Crippen molar-refractivity contribution in [2.24, 2.45) is 0 Å². The lowest BCUT2D eigenvalue weighted by atomic mass is 10.1. The van der Waals surface area contributed by atoms with Crippen LogP contribution >= 0.6 is 0 Å². The minimum Gasteiger partial charge on any atom is -0.292 e. The molecule has 0 aliphatic heterocycles. The SMILES string of the molecule is Cc1c(C#N)c2nc3ccccc3n2c(=O)/c1=C/NO. The fourth-order valence-electron chi connectivity index (χ4n) is 2.35. The van der Waals surface area contributed by atoms with E-state index >= 15 is 0 Å². The van der Waals surface area contributed by atoms with Gasteiger partial charge >= 0.3 is 0 Å². The van der Waals surface area contributed by atoms with Crippen molar-refractivity contribution in [1.82, 2.24) is 14.9 Å². The molecule has 0 unspecified atom stereocenters. The number of nitriles is 1. The van der Waals surface area contributed by atoms with Gasteiger partial charge in [0.25, 0.3) is 5.56 Å². The van der Waals surface area contributed by atoms with Crippen molar-refractivity contribution in [3.05, 3.63) is 51.0 Å². The first kappa shape index (κ1) is 12.1. The van der Waals surface area contributed by atoms with E-state index in [1.807, 2.05) is 11.5 Å². The van der Waals surface area contributed by atoms with E-state index in [-0.39, 0.29) is 10.8 Å². The highest BCUT2D eigenvalue weighted by molar-refractivity contribution is 5.82. The lowest BCUT2D eigenvalue weighted by Gasteiger charge is -2.02. The molecule has 0 amide bonds. The molecular formula is C14H10N4O2. The monoisotopic (exact) mass is 266 g/mol. The van der Waals surface area contributed by atoms with Crippen LogP contribution < -0.4 is 16.3 Å². The van der Waals surface area contributed by atoms with Crippen molar-refractivity contribution < 1.29 is 5.21 Å². The van der Waals surface area contributed by atoms with Gasteiger partial charge in [-0.2, -0.15) is 5.26 Å². The molecule has 0 spiro atoms. The van der Waals surface area contributed by atoms with Crippen LogP contribution in [0.3, 0.4) is 0 Å². The highest BCUT2D eigenvalue weighted by Crippen LogP contribution is 2.17. The van der Waals surface area contributed by atoms with Crippen LogP contribution in [-0.4, -0.2) is 14.6 Å². The first-order chi connectivity index (χ1) is 9.69. The van der Waals surface area contributed by atoms with Crippen LogP contribution in [0.2, 0.25) is 0 Å². The van der Waals surface area contributed by atoms with Gasteiger partial charge in [0.15, 0.2) is 5.65 Å². The summed E-state index contributed by atoms with van der Waals surface area (Å²) >= 11 is 0. The van der Waals surface area contributed by atoms with Gasteiger partial charge in [-0.3, -0.25) is 19.9 Å². The van der Waals surface area contributed by atoms with Gasteiger partial charge in [-0.05, 0) is 24.6 Å². The second-order valence-corrected chi connectivity index (χ2v) is 4.36. The average Bonchev–Trinajstić information content (AvgIpc) is 2.83. The van der Waals surface area contributed by atoms with E-state index in [2.05, 4.69) is 11.1 Å². The maximum absolute atomic E-state index is 12.5. The Morgan fingerprint density at radius 2 is 2.20 bits per heavy atom. The molecule has 6 heteroatoms. The molecule has 3 aromatic rings. The van der Waals surface area contributed by atoms with E-state index in [0.717, 1.165) is 0 Å². The summed E-state index contributed by atoms with van der Waals surface area (Å²) in [6.45, 7) is 1.66. The molecule has 98 valence electrons. The molecule has 20 heavy (non-hydrogen) atoms. The van der Waals surface area contributed by atoms with Gasteiger partial charge in [0, 0.05) is 6.20 Å². The van der Waals surface area contributed by atoms with Crippen LogP contribution in [0.4, 0.5) is 0 Å². The standard InChI is InChI=1S/C14H10N4O2/c1-8-9(6-15)13-17-11-4-2-3-5-12(11)18(13)14(19)10(8)7-16-20/h2-5,7,16,20H,1H3/b10-7+. The molecule has 1 aromatic carbocycles. The molecule has 2 N–H and O–H groups in total. The van der Waals surface area contributed by atoms with E-state index in [1.54, 1.807) is 25.1 Å². The minimum absolute atomic E-state index is 0.236. The minimum atomic E-state index is -0.327. The van der Waals surface area contributed by atoms with Crippen LogP contribution in [0, 0.1) is 18.3 Å². The molecule has 3 rings (SSSR count). The maximum atomic E-state index is 12.5. The van der Waals surface area contributed by atoms with Crippen molar-refractivity contribution in [2.75, 3.05) is 0 Å². The first-order valence-electron chi connectivity index (χ1n) is 5.92. The Morgan fingerprint density at radius 1 is 1.45 bits per heavy atom. The van der Waals surface area contributed by atoms with E-state index in [9.17, 15) is 10.1 Å². The molecule has 0 atom stereocenters. The summed E-state index contributed by atoms with van der Waals surface area (Å²) in [7, 11) is 0. The average molecular weight is 266 g/mol. The van der Waals surface area contributed by atoms with Gasteiger partial charge < -0.3 is 0 Å². The van der Waals surface area contributed by atoms with Crippen LogP contribution in [0.5, 0.6) is 0 Å². The van der Waals surface area contributed by atoms with Crippen molar-refractivity contribution in [3.8, 4) is 6.07 Å². The number of hydroxylamine groups is 1. The summed E-state index contributed by atoms with van der Waals surface area (Å²) < 4.78 is 1.39. The molecule has 6 nitrogen and oxygen atoms in total. The van der Waals surface area contributed by atoms with Gasteiger partial charge in [-0.15, -0.1) is 0 Å². The number of aromatic nitrogens is 2. The Labute approximate surface area is 113 Å². The number of nitrogens with zero attached hydrogens (tertiary/aromatic N) is 3. The van der Waals surface area contributed by atoms with Gasteiger partial charge in [-0.1, -0.05) is 12.1 Å². The highest BCUT2D eigenvalue weighted by atomic mass is 16.5. The van der Waals surface area contributed by atoms with Gasteiger partial charge in [0.05, 0.1) is 21.8 Å². The lowest BCUT2D eigenvalue weighted by Crippen LogP contribution is -2.35. The zero-order valence-electron chi connectivity index (χ0n) is 10.6. The third-order valence-corrected chi connectivity index (χ3v) is 3.32. The zero-order chi connectivity index (χ0) is 14.3. The second-order valence-electron chi connectivity index (χ2n) is 4.36. The van der Waals surface area contributed by atoms with E-state index in [0.29, 0.717) is 27.8 Å². The molecule has 2 aromatic heterocycles. The topological polar surface area (TPSA) is 90.4 Å². The Balaban J connectivity index is 2.71. The van der Waals surface area contributed by atoms with Crippen molar-refractivity contribution in [3.63, 3.8) is 0 Å². The summed E-state index contributed by atoms with van der Waals surface area (Å²) in [5.41, 5.74) is 3.96. The molecule has 0 aliphatic carbocycles. The Bertz CT molecular complexity index is 982. The van der Waals surface area contributed by atoms with E-state index in [4.69, 9.17) is 5.21 Å². The van der Waals surface area contributed by atoms with Crippen molar-refractivity contribution >= 4 is 22.9 Å². The molecule has 0 radical (unpaired) electrons. The fourth-order valence-corrected chi connectivity index (χ4v) is 2.35. The Hall–Kier alpha value is -2.91. The fraction of sp³-hybridized carbons (Fsp3) is 0.0714. The number of pyridine rings is 1. The van der Waals surface area contributed by atoms with Crippen LogP contribution in [0.1, 0.15) is 11.1 Å². The summed E-state index contributed by atoms with van der Waals surface area (Å²) in [6, 6.07) is 9.25. The predicted octanol–water partition coefficient (Wildman–Crippen LogP) is 0.463. The molecule has 0 saturated heterocycles. The van der Waals surface area contributed by atoms with Crippen LogP contribution in [0.25, 0.3) is 22.9 Å². The third kappa shape index (κ3) is 1.47. The predicted molar refractivity (Wildman–Crippen MR) is 73.0 cm³/mol.